The molecule has 30 heavy (non-hydrogen) atoms. The summed E-state index contributed by atoms with van der Waals surface area (Å²) in [5, 5.41) is 5.69. The SMILES string of the molecule is [N-]=[N+]=NCCOCCOCCSc1cccc2c1CN(C1CCC(=O)NC1=O)C2=O. The molecule has 3 rings (SSSR count). The third-order valence-electron chi connectivity index (χ3n) is 4.80. The van der Waals surface area contributed by atoms with Crippen LogP contribution in [0.5, 0.6) is 0 Å². The molecule has 3 amide bonds. The Labute approximate surface area is 177 Å². The number of azide groups is 1. The third kappa shape index (κ3) is 5.51. The van der Waals surface area contributed by atoms with E-state index in [-0.39, 0.29) is 18.2 Å². The maximum Gasteiger partial charge on any atom is 0.255 e. The molecule has 0 aliphatic carbocycles. The Hall–Kier alpha value is -2.59. The molecule has 160 valence electrons. The smallest absolute Gasteiger partial charge is 0.255 e. The predicted octanol–water partition coefficient (Wildman–Crippen LogP) is 1.88. The summed E-state index contributed by atoms with van der Waals surface area (Å²) in [6.45, 7) is 2.45. The van der Waals surface area contributed by atoms with E-state index in [1.807, 2.05) is 12.1 Å². The van der Waals surface area contributed by atoms with Crippen LogP contribution in [0.2, 0.25) is 0 Å². The molecule has 0 bridgehead atoms. The van der Waals surface area contributed by atoms with Gasteiger partial charge in [0.05, 0.1) is 26.4 Å². The van der Waals surface area contributed by atoms with Crippen molar-refractivity contribution in [3.05, 3.63) is 39.8 Å². The third-order valence-corrected chi connectivity index (χ3v) is 5.86. The Bertz CT molecular complexity index is 858. The highest BCUT2D eigenvalue weighted by Crippen LogP contribution is 2.34. The van der Waals surface area contributed by atoms with Gasteiger partial charge in [-0.25, -0.2) is 0 Å². The summed E-state index contributed by atoms with van der Waals surface area (Å²) >= 11 is 1.60. The second-order valence-corrected chi connectivity index (χ2v) is 7.85. The lowest BCUT2D eigenvalue weighted by molar-refractivity contribution is -0.136. The van der Waals surface area contributed by atoms with Crippen LogP contribution in [0.3, 0.4) is 0 Å². The highest BCUT2D eigenvalue weighted by Gasteiger charge is 2.39. The van der Waals surface area contributed by atoms with Gasteiger partial charge in [0.2, 0.25) is 11.8 Å². The monoisotopic (exact) mass is 433 g/mol. The molecule has 1 saturated heterocycles. The fourth-order valence-electron chi connectivity index (χ4n) is 3.38. The molecule has 2 heterocycles. The van der Waals surface area contributed by atoms with Gasteiger partial charge in [-0.15, -0.1) is 11.8 Å². The van der Waals surface area contributed by atoms with Gasteiger partial charge in [-0.3, -0.25) is 19.7 Å². The first-order chi connectivity index (χ1) is 14.6. The van der Waals surface area contributed by atoms with E-state index >= 15 is 0 Å². The van der Waals surface area contributed by atoms with Crippen LogP contribution in [0.4, 0.5) is 0 Å². The number of imide groups is 1. The molecule has 2 aliphatic rings. The molecule has 1 N–H and O–H groups in total. The normalized spacial score (nSPS) is 18.2. The van der Waals surface area contributed by atoms with Crippen molar-refractivity contribution in [2.75, 3.05) is 38.7 Å². The molecule has 1 fully saturated rings. The topological polar surface area (TPSA) is 134 Å². The molecule has 11 heteroatoms. The number of carbonyl (C=O) groups excluding carboxylic acids is 3. The number of amides is 3. The summed E-state index contributed by atoms with van der Waals surface area (Å²) in [5.41, 5.74) is 9.69. The summed E-state index contributed by atoms with van der Waals surface area (Å²) in [7, 11) is 0. The van der Waals surface area contributed by atoms with Crippen LogP contribution in [0.15, 0.2) is 28.2 Å². The number of nitrogens with one attached hydrogen (secondary N) is 1. The van der Waals surface area contributed by atoms with Gasteiger partial charge in [0.15, 0.2) is 0 Å². The number of hydrogen-bond donors (Lipinski definition) is 1. The zero-order chi connectivity index (χ0) is 21.3. The van der Waals surface area contributed by atoms with Crippen LogP contribution in [-0.4, -0.2) is 67.4 Å². The summed E-state index contributed by atoms with van der Waals surface area (Å²) < 4.78 is 10.8. The zero-order valence-corrected chi connectivity index (χ0v) is 17.2. The van der Waals surface area contributed by atoms with E-state index in [1.54, 1.807) is 22.7 Å². The van der Waals surface area contributed by atoms with Gasteiger partial charge in [0.1, 0.15) is 6.04 Å². The molecule has 2 aliphatic heterocycles. The maximum atomic E-state index is 12.8. The van der Waals surface area contributed by atoms with E-state index in [1.165, 1.54) is 0 Å². The first-order valence-corrected chi connectivity index (χ1v) is 10.7. The van der Waals surface area contributed by atoms with Crippen molar-refractivity contribution in [1.29, 1.82) is 0 Å². The molecule has 1 aromatic carbocycles. The second-order valence-electron chi connectivity index (χ2n) is 6.71. The number of carbonyl (C=O) groups is 3. The van der Waals surface area contributed by atoms with Crippen LogP contribution >= 0.6 is 11.8 Å². The summed E-state index contributed by atoms with van der Waals surface area (Å²) in [5.74, 6) is -0.160. The molecule has 0 spiro atoms. The van der Waals surface area contributed by atoms with Gasteiger partial charge >= 0.3 is 0 Å². The van der Waals surface area contributed by atoms with Crippen molar-refractivity contribution in [3.63, 3.8) is 0 Å². The minimum atomic E-state index is -0.609. The minimum absolute atomic E-state index is 0.170. The molecule has 1 atom stereocenters. The van der Waals surface area contributed by atoms with Gasteiger partial charge in [-0.1, -0.05) is 11.2 Å². The van der Waals surface area contributed by atoms with E-state index in [0.29, 0.717) is 57.3 Å². The highest BCUT2D eigenvalue weighted by atomic mass is 32.2. The Morgan fingerprint density at radius 1 is 1.20 bits per heavy atom. The molecule has 10 nitrogen and oxygen atoms in total. The van der Waals surface area contributed by atoms with E-state index in [9.17, 15) is 14.4 Å². The number of piperidine rings is 1. The molecular formula is C19H23N5O5S. The van der Waals surface area contributed by atoms with Crippen LogP contribution in [0, 0.1) is 0 Å². The molecular weight excluding hydrogens is 410 g/mol. The number of ether oxygens (including phenoxy) is 2. The average molecular weight is 433 g/mol. The van der Waals surface area contributed by atoms with Gasteiger partial charge in [0, 0.05) is 40.6 Å². The first-order valence-electron chi connectivity index (χ1n) is 9.67. The van der Waals surface area contributed by atoms with Crippen molar-refractivity contribution >= 4 is 29.5 Å². The number of benzene rings is 1. The van der Waals surface area contributed by atoms with Crippen molar-refractivity contribution in [1.82, 2.24) is 10.2 Å². The van der Waals surface area contributed by atoms with Gasteiger partial charge < -0.3 is 14.4 Å². The largest absolute Gasteiger partial charge is 0.379 e. The Morgan fingerprint density at radius 3 is 2.77 bits per heavy atom. The Balaban J connectivity index is 1.46. The fraction of sp³-hybridized carbons (Fsp3) is 0.526. The molecule has 1 aromatic rings. The van der Waals surface area contributed by atoms with E-state index in [2.05, 4.69) is 15.3 Å². The van der Waals surface area contributed by atoms with Crippen LogP contribution in [0.1, 0.15) is 28.8 Å². The van der Waals surface area contributed by atoms with Crippen molar-refractivity contribution in [3.8, 4) is 0 Å². The standard InChI is InChI=1S/C19H23N5O5S/c20-23-21-6-7-28-8-9-29-10-11-30-16-3-1-2-13-14(16)12-24(19(13)27)15-4-5-17(25)22-18(15)26/h1-3,15H,4-12H2,(H,22,25,26). The molecule has 0 aromatic heterocycles. The lowest BCUT2D eigenvalue weighted by Gasteiger charge is -2.29. The van der Waals surface area contributed by atoms with Crippen LogP contribution in [0.25, 0.3) is 10.4 Å². The van der Waals surface area contributed by atoms with E-state index < -0.39 is 11.9 Å². The van der Waals surface area contributed by atoms with Crippen molar-refractivity contribution in [2.24, 2.45) is 5.11 Å². The molecule has 0 saturated carbocycles. The molecule has 1 unspecified atom stereocenters. The summed E-state index contributed by atoms with van der Waals surface area (Å²) in [6.07, 6.45) is 0.594. The predicted molar refractivity (Wildman–Crippen MR) is 109 cm³/mol. The number of fused-ring (bicyclic) bond motifs is 1. The van der Waals surface area contributed by atoms with Crippen molar-refractivity contribution < 1.29 is 23.9 Å². The fourth-order valence-corrected chi connectivity index (χ4v) is 4.32. The Kier molecular flexibility index (Phi) is 8.09. The van der Waals surface area contributed by atoms with E-state index in [4.69, 9.17) is 15.0 Å². The average Bonchev–Trinajstić information content (AvgIpc) is 3.07. The summed E-state index contributed by atoms with van der Waals surface area (Å²) in [4.78, 5) is 41.5. The number of rotatable bonds is 11. The molecule has 0 radical (unpaired) electrons. The lowest BCUT2D eigenvalue weighted by atomic mass is 10.0. The maximum absolute atomic E-state index is 12.8. The second kappa shape index (κ2) is 11.0. The number of hydrogen-bond acceptors (Lipinski definition) is 7. The quantitative estimate of drug-likeness (QED) is 0.141. The number of thioether (sulfide) groups is 1. The van der Waals surface area contributed by atoms with Gasteiger partial charge in [-0.2, -0.15) is 0 Å². The Morgan fingerprint density at radius 2 is 2.00 bits per heavy atom. The highest BCUT2D eigenvalue weighted by molar-refractivity contribution is 7.99. The van der Waals surface area contributed by atoms with Crippen LogP contribution in [-0.2, 0) is 25.6 Å². The minimum Gasteiger partial charge on any atom is -0.379 e. The summed E-state index contributed by atoms with van der Waals surface area (Å²) in [6, 6.07) is 4.97. The van der Waals surface area contributed by atoms with E-state index in [0.717, 1.165) is 10.5 Å². The van der Waals surface area contributed by atoms with Gasteiger partial charge in [-0.05, 0) is 29.6 Å². The van der Waals surface area contributed by atoms with Crippen LogP contribution < -0.4 is 5.32 Å². The van der Waals surface area contributed by atoms with Crippen molar-refractivity contribution in [2.45, 2.75) is 30.3 Å². The van der Waals surface area contributed by atoms with Gasteiger partial charge in [0.25, 0.3) is 5.91 Å². The lowest BCUT2D eigenvalue weighted by Crippen LogP contribution is -2.52. The number of nitrogens with zero attached hydrogens (tertiary/aromatic N) is 4. The first kappa shape index (κ1) is 22.1. The zero-order valence-electron chi connectivity index (χ0n) is 16.4.